The molecule has 0 spiro atoms. The van der Waals surface area contributed by atoms with Crippen LogP contribution in [0.2, 0.25) is 0 Å². The largest absolute Gasteiger partial charge is 0.361 e. The highest BCUT2D eigenvalue weighted by Gasteiger charge is 2.45. The van der Waals surface area contributed by atoms with Crippen molar-refractivity contribution in [3.05, 3.63) is 17.5 Å². The number of amides is 2. The first kappa shape index (κ1) is 15.9. The Morgan fingerprint density at radius 1 is 1.21 bits per heavy atom. The number of fused-ring (bicyclic) bond motifs is 2. The van der Waals surface area contributed by atoms with E-state index in [0.29, 0.717) is 6.54 Å². The van der Waals surface area contributed by atoms with Gasteiger partial charge in [0.15, 0.2) is 0 Å². The molecule has 132 valence electrons. The molecule has 2 aliphatic heterocycles. The second-order valence-electron chi connectivity index (χ2n) is 7.64. The van der Waals surface area contributed by atoms with Crippen molar-refractivity contribution < 1.29 is 14.5 Å². The van der Waals surface area contributed by atoms with E-state index in [2.05, 4.69) is 5.16 Å². The molecule has 3 heterocycles. The normalized spacial score (nSPS) is 28.0. The van der Waals surface area contributed by atoms with E-state index in [1.54, 1.807) is 4.90 Å². The van der Waals surface area contributed by atoms with Crippen molar-refractivity contribution in [3.63, 3.8) is 0 Å². The number of piperidine rings is 1. The molecule has 1 aliphatic carbocycles. The fourth-order valence-corrected chi connectivity index (χ4v) is 4.60. The Morgan fingerprint density at radius 3 is 2.88 bits per heavy atom. The molecule has 1 N–H and O–H groups in total. The maximum absolute atomic E-state index is 12.1. The van der Waals surface area contributed by atoms with Crippen LogP contribution in [0.3, 0.4) is 0 Å². The Labute approximate surface area is 142 Å². The number of urea groups is 1. The predicted octanol–water partition coefficient (Wildman–Crippen LogP) is 3.91. The van der Waals surface area contributed by atoms with E-state index in [4.69, 9.17) is 4.52 Å². The molecule has 2 bridgehead atoms. The lowest BCUT2D eigenvalue weighted by molar-refractivity contribution is -0.0584. The highest BCUT2D eigenvalue weighted by atomic mass is 16.5. The van der Waals surface area contributed by atoms with Gasteiger partial charge in [0, 0.05) is 19.0 Å². The summed E-state index contributed by atoms with van der Waals surface area (Å²) in [5.41, 5.74) is 0.838. The number of hydroxylamine groups is 2. The molecule has 2 atom stereocenters. The van der Waals surface area contributed by atoms with Gasteiger partial charge in [0.1, 0.15) is 11.5 Å². The van der Waals surface area contributed by atoms with Crippen LogP contribution in [0.4, 0.5) is 4.79 Å². The molecule has 4 rings (SSSR count). The minimum Gasteiger partial charge on any atom is -0.361 e. The highest BCUT2D eigenvalue weighted by molar-refractivity contribution is 5.76. The van der Waals surface area contributed by atoms with E-state index in [-0.39, 0.29) is 18.1 Å². The average Bonchev–Trinajstić information content (AvgIpc) is 3.17. The van der Waals surface area contributed by atoms with E-state index < -0.39 is 0 Å². The predicted molar refractivity (Wildman–Crippen MR) is 87.5 cm³/mol. The van der Waals surface area contributed by atoms with Crippen LogP contribution in [0.15, 0.2) is 10.6 Å². The van der Waals surface area contributed by atoms with Crippen LogP contribution in [-0.2, 0) is 6.42 Å². The number of hydrogen-bond donors (Lipinski definition) is 1. The van der Waals surface area contributed by atoms with Gasteiger partial charge in [-0.2, -0.15) is 0 Å². The molecule has 0 unspecified atom stereocenters. The Hall–Kier alpha value is -1.56. The highest BCUT2D eigenvalue weighted by Crippen LogP contribution is 2.37. The zero-order valence-electron chi connectivity index (χ0n) is 14.2. The molecule has 1 aromatic heterocycles. The number of carbonyl (C=O) groups excluding carboxylic acids is 1. The first-order valence-electron chi connectivity index (χ1n) is 9.46. The summed E-state index contributed by atoms with van der Waals surface area (Å²) >= 11 is 0. The third-order valence-corrected chi connectivity index (χ3v) is 6.02. The van der Waals surface area contributed by atoms with Gasteiger partial charge in [0.2, 0.25) is 0 Å². The van der Waals surface area contributed by atoms with E-state index in [9.17, 15) is 10.0 Å². The Bertz CT molecular complexity index is 582. The van der Waals surface area contributed by atoms with Crippen molar-refractivity contribution in [3.8, 4) is 0 Å². The van der Waals surface area contributed by atoms with Crippen molar-refractivity contribution in [1.29, 1.82) is 0 Å². The van der Waals surface area contributed by atoms with Crippen molar-refractivity contribution in [2.45, 2.75) is 76.3 Å². The zero-order chi connectivity index (χ0) is 16.5. The second kappa shape index (κ2) is 6.75. The molecule has 6 heteroatoms. The monoisotopic (exact) mass is 333 g/mol. The van der Waals surface area contributed by atoms with Crippen molar-refractivity contribution in [1.82, 2.24) is 15.1 Å². The van der Waals surface area contributed by atoms with Crippen LogP contribution in [0.25, 0.3) is 0 Å². The van der Waals surface area contributed by atoms with Gasteiger partial charge in [-0.15, -0.1) is 0 Å². The maximum Gasteiger partial charge on any atom is 0.344 e. The lowest BCUT2D eigenvalue weighted by Gasteiger charge is -2.28. The maximum atomic E-state index is 12.1. The molecule has 1 aromatic rings. The molecular formula is C18H27N3O3. The van der Waals surface area contributed by atoms with Gasteiger partial charge in [-0.3, -0.25) is 5.21 Å². The van der Waals surface area contributed by atoms with Crippen LogP contribution >= 0.6 is 0 Å². The van der Waals surface area contributed by atoms with E-state index >= 15 is 0 Å². The topological polar surface area (TPSA) is 69.8 Å². The number of aryl methyl sites for hydroxylation is 1. The molecule has 24 heavy (non-hydrogen) atoms. The van der Waals surface area contributed by atoms with Gasteiger partial charge in [-0.25, -0.2) is 9.86 Å². The van der Waals surface area contributed by atoms with Gasteiger partial charge >= 0.3 is 6.03 Å². The first-order chi connectivity index (χ1) is 11.7. The lowest BCUT2D eigenvalue weighted by atomic mass is 9.86. The van der Waals surface area contributed by atoms with E-state index in [1.807, 2.05) is 6.07 Å². The second-order valence-corrected chi connectivity index (χ2v) is 7.64. The number of rotatable bonds is 5. The molecule has 3 fully saturated rings. The van der Waals surface area contributed by atoms with Crippen LogP contribution in [0.5, 0.6) is 0 Å². The quantitative estimate of drug-likeness (QED) is 0.830. The summed E-state index contributed by atoms with van der Waals surface area (Å²) < 4.78 is 5.51. The zero-order valence-corrected chi connectivity index (χ0v) is 14.2. The number of hydrogen-bond acceptors (Lipinski definition) is 4. The lowest BCUT2D eigenvalue weighted by Crippen LogP contribution is -2.34. The summed E-state index contributed by atoms with van der Waals surface area (Å²) in [7, 11) is 0. The van der Waals surface area contributed by atoms with Gasteiger partial charge in [0.25, 0.3) is 0 Å². The molecular weight excluding hydrogens is 306 g/mol. The summed E-state index contributed by atoms with van der Waals surface area (Å²) in [4.78, 5) is 13.8. The van der Waals surface area contributed by atoms with Crippen molar-refractivity contribution in [2.75, 3.05) is 6.54 Å². The van der Waals surface area contributed by atoms with Crippen LogP contribution in [0.1, 0.15) is 75.3 Å². The van der Waals surface area contributed by atoms with Gasteiger partial charge in [0.05, 0.1) is 12.1 Å². The molecule has 1 saturated carbocycles. The molecule has 0 radical (unpaired) electrons. The number of carbonyl (C=O) groups is 1. The minimum atomic E-state index is -0.302. The van der Waals surface area contributed by atoms with Crippen molar-refractivity contribution in [2.24, 2.45) is 5.92 Å². The molecule has 2 saturated heterocycles. The van der Waals surface area contributed by atoms with Crippen molar-refractivity contribution >= 4 is 6.03 Å². The van der Waals surface area contributed by atoms with Crippen LogP contribution in [-0.4, -0.2) is 38.9 Å². The first-order valence-corrected chi connectivity index (χ1v) is 9.46. The average molecular weight is 333 g/mol. The summed E-state index contributed by atoms with van der Waals surface area (Å²) in [5.74, 6) is 1.82. The third-order valence-electron chi connectivity index (χ3n) is 6.02. The number of aromatic nitrogens is 1. The fraction of sp³-hybridized carbons (Fsp3) is 0.778. The summed E-state index contributed by atoms with van der Waals surface area (Å²) in [6.45, 7) is 0.587. The van der Waals surface area contributed by atoms with E-state index in [1.165, 1.54) is 38.5 Å². The Balaban J connectivity index is 1.32. The summed E-state index contributed by atoms with van der Waals surface area (Å²) in [5, 5.41) is 14.9. The molecule has 6 nitrogen and oxygen atoms in total. The van der Waals surface area contributed by atoms with E-state index in [0.717, 1.165) is 48.1 Å². The van der Waals surface area contributed by atoms with Crippen LogP contribution in [0, 0.1) is 5.92 Å². The Morgan fingerprint density at radius 2 is 2.04 bits per heavy atom. The molecule has 3 aliphatic rings. The molecule has 0 aromatic carbocycles. The van der Waals surface area contributed by atoms with Crippen LogP contribution < -0.4 is 0 Å². The number of nitrogens with zero attached hydrogens (tertiary/aromatic N) is 3. The summed E-state index contributed by atoms with van der Waals surface area (Å²) in [6, 6.07) is 1.60. The fourth-order valence-electron chi connectivity index (χ4n) is 4.60. The Kier molecular flexibility index (Phi) is 4.48. The van der Waals surface area contributed by atoms with Gasteiger partial charge in [-0.1, -0.05) is 43.7 Å². The van der Waals surface area contributed by atoms with Gasteiger partial charge in [-0.05, 0) is 25.2 Å². The molecule has 2 amide bonds. The standard InChI is InChI=1S/C18H27N3O3/c22-18-20-12-14(21(18)23)9-10-17(20)16-11-15(24-19-16)8-4-7-13-5-2-1-3-6-13/h11,13-14,17,23H,1-10,12H2/t14-,17+/m1/s1. The SMILES string of the molecule is O=C1N(O)[C@@H]2CC[C@@H](c3cc(CCCC4CCCCC4)on3)N1C2. The smallest absolute Gasteiger partial charge is 0.344 e. The summed E-state index contributed by atoms with van der Waals surface area (Å²) in [6.07, 6.45) is 12.0. The van der Waals surface area contributed by atoms with Gasteiger partial charge < -0.3 is 9.42 Å². The third kappa shape index (κ3) is 3.04. The minimum absolute atomic E-state index is 0.0539.